The van der Waals surface area contributed by atoms with Gasteiger partial charge in [-0.15, -0.1) is 0 Å². The SMILES string of the molecule is Cc1c(N)nc(-c2ccc(F)cc2)[nH]c1=O. The van der Waals surface area contributed by atoms with Crippen molar-refractivity contribution in [3.8, 4) is 11.4 Å². The lowest BCUT2D eigenvalue weighted by molar-refractivity contribution is 0.628. The molecule has 0 radical (unpaired) electrons. The topological polar surface area (TPSA) is 71.8 Å². The van der Waals surface area contributed by atoms with Gasteiger partial charge in [-0.3, -0.25) is 4.79 Å². The summed E-state index contributed by atoms with van der Waals surface area (Å²) in [5, 5.41) is 0. The third-order valence-corrected chi connectivity index (χ3v) is 2.31. The Morgan fingerprint density at radius 1 is 1.31 bits per heavy atom. The van der Waals surface area contributed by atoms with E-state index in [1.54, 1.807) is 6.92 Å². The minimum atomic E-state index is -0.341. The van der Waals surface area contributed by atoms with Gasteiger partial charge in [-0.05, 0) is 31.2 Å². The van der Waals surface area contributed by atoms with Crippen LogP contribution in [0.3, 0.4) is 0 Å². The van der Waals surface area contributed by atoms with Crippen LogP contribution in [0, 0.1) is 12.7 Å². The maximum Gasteiger partial charge on any atom is 0.256 e. The number of hydrogen-bond donors (Lipinski definition) is 2. The highest BCUT2D eigenvalue weighted by molar-refractivity contribution is 5.57. The Morgan fingerprint density at radius 3 is 2.50 bits per heavy atom. The fourth-order valence-corrected chi connectivity index (χ4v) is 1.29. The van der Waals surface area contributed by atoms with Gasteiger partial charge in [-0.25, -0.2) is 9.37 Å². The zero-order valence-corrected chi connectivity index (χ0v) is 8.62. The number of hydrogen-bond acceptors (Lipinski definition) is 3. The summed E-state index contributed by atoms with van der Waals surface area (Å²) in [6, 6.07) is 5.65. The number of benzene rings is 1. The third kappa shape index (κ3) is 1.79. The van der Waals surface area contributed by atoms with Crippen molar-refractivity contribution in [3.63, 3.8) is 0 Å². The molecule has 0 aliphatic rings. The molecule has 4 nitrogen and oxygen atoms in total. The first-order valence-electron chi connectivity index (χ1n) is 4.70. The number of aromatic nitrogens is 2. The van der Waals surface area contributed by atoms with Gasteiger partial charge in [0.25, 0.3) is 5.56 Å². The van der Waals surface area contributed by atoms with Crippen LogP contribution in [0.25, 0.3) is 11.4 Å². The summed E-state index contributed by atoms with van der Waals surface area (Å²) in [7, 11) is 0. The second-order valence-corrected chi connectivity index (χ2v) is 3.43. The van der Waals surface area contributed by atoms with Crippen LogP contribution < -0.4 is 11.3 Å². The van der Waals surface area contributed by atoms with Crippen molar-refractivity contribution in [2.24, 2.45) is 0 Å². The molecule has 16 heavy (non-hydrogen) atoms. The molecule has 82 valence electrons. The van der Waals surface area contributed by atoms with Gasteiger partial charge in [0, 0.05) is 5.56 Å². The van der Waals surface area contributed by atoms with Crippen LogP contribution in [0.2, 0.25) is 0 Å². The molecule has 2 aromatic rings. The van der Waals surface area contributed by atoms with Crippen LogP contribution >= 0.6 is 0 Å². The second-order valence-electron chi connectivity index (χ2n) is 3.43. The summed E-state index contributed by atoms with van der Waals surface area (Å²) in [6.07, 6.45) is 0. The average molecular weight is 219 g/mol. The van der Waals surface area contributed by atoms with E-state index >= 15 is 0 Å². The molecule has 0 saturated carbocycles. The Kier molecular flexibility index (Phi) is 2.44. The highest BCUT2D eigenvalue weighted by Gasteiger charge is 2.06. The Labute approximate surface area is 91.0 Å². The minimum absolute atomic E-state index is 0.183. The normalized spacial score (nSPS) is 10.4. The molecule has 5 heteroatoms. The lowest BCUT2D eigenvalue weighted by Crippen LogP contribution is -2.15. The van der Waals surface area contributed by atoms with E-state index in [1.165, 1.54) is 24.3 Å². The summed E-state index contributed by atoms with van der Waals surface area (Å²) in [5.74, 6) is 0.183. The summed E-state index contributed by atoms with van der Waals surface area (Å²) in [4.78, 5) is 18.1. The minimum Gasteiger partial charge on any atom is -0.383 e. The second kappa shape index (κ2) is 3.77. The quantitative estimate of drug-likeness (QED) is 0.762. The molecule has 3 N–H and O–H groups in total. The van der Waals surface area contributed by atoms with Crippen LogP contribution in [0.4, 0.5) is 10.2 Å². The maximum atomic E-state index is 12.7. The molecule has 1 aromatic carbocycles. The summed E-state index contributed by atoms with van der Waals surface area (Å²) < 4.78 is 12.7. The first-order chi connectivity index (χ1) is 7.58. The predicted octanol–water partition coefficient (Wildman–Crippen LogP) is 1.47. The van der Waals surface area contributed by atoms with Crippen molar-refractivity contribution in [1.29, 1.82) is 0 Å². The number of nitrogens with two attached hydrogens (primary N) is 1. The van der Waals surface area contributed by atoms with Crippen LogP contribution in [-0.4, -0.2) is 9.97 Å². The van der Waals surface area contributed by atoms with E-state index in [-0.39, 0.29) is 17.2 Å². The smallest absolute Gasteiger partial charge is 0.256 e. The zero-order chi connectivity index (χ0) is 11.7. The highest BCUT2D eigenvalue weighted by Crippen LogP contribution is 2.15. The van der Waals surface area contributed by atoms with E-state index in [0.29, 0.717) is 17.0 Å². The Balaban J connectivity index is 2.57. The van der Waals surface area contributed by atoms with Crippen molar-refractivity contribution in [2.75, 3.05) is 5.73 Å². The predicted molar refractivity (Wildman–Crippen MR) is 59.4 cm³/mol. The number of H-pyrrole nitrogens is 1. The lowest BCUT2D eigenvalue weighted by Gasteiger charge is -2.03. The van der Waals surface area contributed by atoms with Crippen molar-refractivity contribution in [3.05, 3.63) is 46.0 Å². The number of anilines is 1. The maximum absolute atomic E-state index is 12.7. The molecule has 0 unspecified atom stereocenters. The van der Waals surface area contributed by atoms with E-state index in [0.717, 1.165) is 0 Å². The third-order valence-electron chi connectivity index (χ3n) is 2.31. The number of halogens is 1. The largest absolute Gasteiger partial charge is 0.383 e. The van der Waals surface area contributed by atoms with E-state index < -0.39 is 0 Å². The molecule has 2 rings (SSSR count). The first kappa shape index (κ1) is 10.4. The van der Waals surface area contributed by atoms with Crippen LogP contribution in [0.15, 0.2) is 29.1 Å². The number of nitrogen functional groups attached to an aromatic ring is 1. The highest BCUT2D eigenvalue weighted by atomic mass is 19.1. The molecule has 1 aromatic heterocycles. The zero-order valence-electron chi connectivity index (χ0n) is 8.62. The molecule has 0 bridgehead atoms. The first-order valence-corrected chi connectivity index (χ1v) is 4.70. The van der Waals surface area contributed by atoms with Gasteiger partial charge in [-0.2, -0.15) is 0 Å². The summed E-state index contributed by atoms with van der Waals surface area (Å²) >= 11 is 0. The van der Waals surface area contributed by atoms with Gasteiger partial charge in [0.1, 0.15) is 17.5 Å². The average Bonchev–Trinajstić information content (AvgIpc) is 2.26. The van der Waals surface area contributed by atoms with Gasteiger partial charge in [-0.1, -0.05) is 0 Å². The van der Waals surface area contributed by atoms with Crippen LogP contribution in [0.5, 0.6) is 0 Å². The Bertz CT molecular complexity index is 575. The molecule has 0 atom stereocenters. The van der Waals surface area contributed by atoms with Crippen molar-refractivity contribution >= 4 is 5.82 Å². The van der Waals surface area contributed by atoms with Gasteiger partial charge in [0.2, 0.25) is 0 Å². The summed E-state index contributed by atoms with van der Waals surface area (Å²) in [6.45, 7) is 1.59. The molecular weight excluding hydrogens is 209 g/mol. The number of nitrogens with zero attached hydrogens (tertiary/aromatic N) is 1. The molecule has 0 aliphatic heterocycles. The van der Waals surface area contributed by atoms with E-state index in [4.69, 9.17) is 5.73 Å². The van der Waals surface area contributed by atoms with E-state index in [9.17, 15) is 9.18 Å². The van der Waals surface area contributed by atoms with E-state index in [2.05, 4.69) is 9.97 Å². The molecule has 0 saturated heterocycles. The van der Waals surface area contributed by atoms with Crippen LogP contribution in [0.1, 0.15) is 5.56 Å². The fourth-order valence-electron chi connectivity index (χ4n) is 1.29. The van der Waals surface area contributed by atoms with Crippen molar-refractivity contribution < 1.29 is 4.39 Å². The molecule has 1 heterocycles. The van der Waals surface area contributed by atoms with Gasteiger partial charge >= 0.3 is 0 Å². The number of nitrogens with one attached hydrogen (secondary N) is 1. The van der Waals surface area contributed by atoms with Crippen LogP contribution in [-0.2, 0) is 0 Å². The fraction of sp³-hybridized carbons (Fsp3) is 0.0909. The Morgan fingerprint density at radius 2 is 1.94 bits per heavy atom. The summed E-state index contributed by atoms with van der Waals surface area (Å²) in [5.41, 5.74) is 6.29. The molecular formula is C11H10FN3O. The number of rotatable bonds is 1. The number of aromatic amines is 1. The standard InChI is InChI=1S/C11H10FN3O/c1-6-9(13)14-10(15-11(6)16)7-2-4-8(12)5-3-7/h2-5H,1H3,(H3,13,14,15,16). The molecule has 0 aliphatic carbocycles. The van der Waals surface area contributed by atoms with Crippen molar-refractivity contribution in [2.45, 2.75) is 6.92 Å². The van der Waals surface area contributed by atoms with Gasteiger partial charge in [0.05, 0.1) is 5.56 Å². The molecule has 0 amide bonds. The van der Waals surface area contributed by atoms with E-state index in [1.807, 2.05) is 0 Å². The van der Waals surface area contributed by atoms with Gasteiger partial charge < -0.3 is 10.7 Å². The molecule has 0 spiro atoms. The van der Waals surface area contributed by atoms with Crippen molar-refractivity contribution in [1.82, 2.24) is 9.97 Å². The van der Waals surface area contributed by atoms with Gasteiger partial charge in [0.15, 0.2) is 0 Å². The monoisotopic (exact) mass is 219 g/mol. The molecule has 0 fully saturated rings. The Hall–Kier alpha value is -2.17. The lowest BCUT2D eigenvalue weighted by atomic mass is 10.2.